The largest absolute Gasteiger partial charge is 0.317 e. The summed E-state index contributed by atoms with van der Waals surface area (Å²) in [6.07, 6.45) is 10.3. The molecule has 13 nitrogen and oxygen atoms in total. The number of nitrogens with one attached hydrogen (secondary N) is 5. The number of piperidine rings is 1. The van der Waals surface area contributed by atoms with Gasteiger partial charge in [-0.05, 0) is 63.0 Å². The fraction of sp³-hybridized carbons (Fsp3) is 0.368. The molecule has 1 aliphatic heterocycles. The molecule has 1 aromatic carbocycles. The van der Waals surface area contributed by atoms with E-state index in [2.05, 4.69) is 80.6 Å². The Bertz CT molecular complexity index is 981. The van der Waals surface area contributed by atoms with Gasteiger partial charge >= 0.3 is 0 Å². The molecule has 0 unspecified atom stereocenters. The first kappa shape index (κ1) is 22.7. The van der Waals surface area contributed by atoms with Gasteiger partial charge in [0.15, 0.2) is 0 Å². The standard InChI is InChI=1S/C8H9N3.C7H12N4.2C2H3N3/c1-5-3-7-8(4-6(5)2)10-11-9-7;1-3-8-4-2-6(1)7-5-9-11-10-7;1-3-2-5-4-1;1-2-4-5-3-1/h3-4H,1-2H3,(H,9,10,11);5-6,8H,1-4H2,(H,9,10,11);2*1-2H,(H,3,4,5). The molecule has 0 aliphatic carbocycles. The van der Waals surface area contributed by atoms with E-state index in [-0.39, 0.29) is 0 Å². The highest BCUT2D eigenvalue weighted by atomic mass is 15.3. The summed E-state index contributed by atoms with van der Waals surface area (Å²) in [4.78, 5) is 3.56. The summed E-state index contributed by atoms with van der Waals surface area (Å²) >= 11 is 0. The topological polar surface area (TPSA) is 178 Å². The van der Waals surface area contributed by atoms with Crippen LogP contribution in [-0.4, -0.2) is 74.5 Å². The molecule has 1 aliphatic rings. The molecule has 5 aromatic rings. The average Bonchev–Trinajstić information content (AvgIpc) is 3.64. The van der Waals surface area contributed by atoms with Crippen molar-refractivity contribution in [3.8, 4) is 0 Å². The lowest BCUT2D eigenvalue weighted by Crippen LogP contribution is -2.26. The first-order valence-corrected chi connectivity index (χ1v) is 10.2. The van der Waals surface area contributed by atoms with E-state index in [1.165, 1.54) is 36.6 Å². The van der Waals surface area contributed by atoms with E-state index in [4.69, 9.17) is 0 Å². The quantitative estimate of drug-likeness (QED) is 0.259. The van der Waals surface area contributed by atoms with Crippen LogP contribution >= 0.6 is 0 Å². The minimum Gasteiger partial charge on any atom is -0.317 e. The van der Waals surface area contributed by atoms with Crippen LogP contribution in [0.1, 0.15) is 35.6 Å². The molecule has 0 saturated carbocycles. The molecule has 0 spiro atoms. The normalized spacial score (nSPS) is 13.2. The molecular formula is C19H27N13. The lowest BCUT2D eigenvalue weighted by molar-refractivity contribution is 0.453. The zero-order valence-corrected chi connectivity index (χ0v) is 18.0. The first-order chi connectivity index (χ1) is 15.7. The van der Waals surface area contributed by atoms with Crippen molar-refractivity contribution < 1.29 is 0 Å². The second kappa shape index (κ2) is 12.6. The summed E-state index contributed by atoms with van der Waals surface area (Å²) in [5, 5.41) is 39.7. The summed E-state index contributed by atoms with van der Waals surface area (Å²) < 4.78 is 0. The fourth-order valence-corrected chi connectivity index (χ4v) is 2.96. The predicted octanol–water partition coefficient (Wildman–Crippen LogP) is 1.46. The van der Waals surface area contributed by atoms with Crippen LogP contribution in [0.5, 0.6) is 0 Å². The minimum absolute atomic E-state index is 0.620. The second-order valence-electron chi connectivity index (χ2n) is 6.98. The lowest BCUT2D eigenvalue weighted by Gasteiger charge is -2.19. The molecule has 0 radical (unpaired) electrons. The highest BCUT2D eigenvalue weighted by Crippen LogP contribution is 2.21. The van der Waals surface area contributed by atoms with Gasteiger partial charge in [-0.3, -0.25) is 5.10 Å². The summed E-state index contributed by atoms with van der Waals surface area (Å²) in [7, 11) is 0. The molecule has 1 fully saturated rings. The molecule has 5 heterocycles. The number of fused-ring (bicyclic) bond motifs is 1. The predicted molar refractivity (Wildman–Crippen MR) is 117 cm³/mol. The number of hydrogen-bond acceptors (Lipinski definition) is 9. The monoisotopic (exact) mass is 437 g/mol. The number of H-pyrrole nitrogens is 4. The summed E-state index contributed by atoms with van der Waals surface area (Å²) in [5.41, 5.74) is 5.51. The van der Waals surface area contributed by atoms with E-state index in [9.17, 15) is 0 Å². The van der Waals surface area contributed by atoms with E-state index in [0.29, 0.717) is 5.92 Å². The van der Waals surface area contributed by atoms with E-state index in [1.807, 2.05) is 18.3 Å². The van der Waals surface area contributed by atoms with Gasteiger partial charge in [-0.15, -0.1) is 0 Å². The SMILES string of the molecule is Cc1cc2n[nH]nc2cc1C.c1cn[nH]n1.c1n[nH]nc1C1CCNCC1.c1nc[nH]n1. The number of aromatic nitrogens is 12. The van der Waals surface area contributed by atoms with Crippen molar-refractivity contribution in [2.24, 2.45) is 0 Å². The Hall–Kier alpha value is -4.00. The van der Waals surface area contributed by atoms with Gasteiger partial charge in [-0.25, -0.2) is 4.98 Å². The van der Waals surface area contributed by atoms with Crippen molar-refractivity contribution in [1.29, 1.82) is 0 Å². The lowest BCUT2D eigenvalue weighted by atomic mass is 9.95. The zero-order chi connectivity index (χ0) is 22.4. The maximum Gasteiger partial charge on any atom is 0.137 e. The van der Waals surface area contributed by atoms with Gasteiger partial charge in [0.1, 0.15) is 23.7 Å². The van der Waals surface area contributed by atoms with Crippen LogP contribution in [0.2, 0.25) is 0 Å². The fourth-order valence-electron chi connectivity index (χ4n) is 2.96. The summed E-state index contributed by atoms with van der Waals surface area (Å²) in [6.45, 7) is 6.36. The Kier molecular flexibility index (Phi) is 8.96. The molecule has 4 aromatic heterocycles. The van der Waals surface area contributed by atoms with E-state index < -0.39 is 0 Å². The maximum absolute atomic E-state index is 4.08. The molecule has 1 saturated heterocycles. The van der Waals surface area contributed by atoms with Crippen LogP contribution in [0, 0.1) is 13.8 Å². The van der Waals surface area contributed by atoms with Crippen LogP contribution < -0.4 is 5.32 Å². The smallest absolute Gasteiger partial charge is 0.137 e. The van der Waals surface area contributed by atoms with Crippen molar-refractivity contribution in [2.45, 2.75) is 32.6 Å². The number of rotatable bonds is 1. The van der Waals surface area contributed by atoms with Crippen molar-refractivity contribution in [1.82, 2.24) is 66.7 Å². The van der Waals surface area contributed by atoms with Crippen molar-refractivity contribution in [3.05, 3.63) is 60.2 Å². The Morgan fingerprint density at radius 3 is 1.91 bits per heavy atom. The minimum atomic E-state index is 0.620. The van der Waals surface area contributed by atoms with E-state index in [1.54, 1.807) is 12.4 Å². The average molecular weight is 438 g/mol. The molecule has 0 amide bonds. The third-order valence-corrected chi connectivity index (χ3v) is 4.79. The number of aromatic amines is 4. The number of aryl methyl sites for hydroxylation is 2. The van der Waals surface area contributed by atoms with Crippen molar-refractivity contribution in [3.63, 3.8) is 0 Å². The zero-order valence-electron chi connectivity index (χ0n) is 18.0. The Balaban J connectivity index is 0.000000129. The highest BCUT2D eigenvalue weighted by Gasteiger charge is 2.16. The number of benzene rings is 1. The summed E-state index contributed by atoms with van der Waals surface area (Å²) in [5.74, 6) is 0.620. The Morgan fingerprint density at radius 2 is 1.47 bits per heavy atom. The third kappa shape index (κ3) is 7.36. The molecule has 6 rings (SSSR count). The van der Waals surface area contributed by atoms with Gasteiger partial charge < -0.3 is 5.32 Å². The molecule has 168 valence electrons. The van der Waals surface area contributed by atoms with Gasteiger partial charge in [-0.2, -0.15) is 51.3 Å². The van der Waals surface area contributed by atoms with Gasteiger partial charge in [-0.1, -0.05) is 0 Å². The van der Waals surface area contributed by atoms with Crippen LogP contribution in [0.15, 0.2) is 43.4 Å². The number of hydrogen-bond donors (Lipinski definition) is 5. The molecule has 13 heteroatoms. The van der Waals surface area contributed by atoms with Crippen LogP contribution in [0.3, 0.4) is 0 Å². The summed E-state index contributed by atoms with van der Waals surface area (Å²) in [6, 6.07) is 4.07. The van der Waals surface area contributed by atoms with Gasteiger partial charge in [0.25, 0.3) is 0 Å². The van der Waals surface area contributed by atoms with Crippen LogP contribution in [0.4, 0.5) is 0 Å². The van der Waals surface area contributed by atoms with E-state index in [0.717, 1.165) is 29.8 Å². The molecular weight excluding hydrogens is 410 g/mol. The maximum atomic E-state index is 4.08. The molecule has 5 N–H and O–H groups in total. The van der Waals surface area contributed by atoms with Crippen molar-refractivity contribution >= 4 is 11.0 Å². The van der Waals surface area contributed by atoms with Crippen LogP contribution in [-0.2, 0) is 0 Å². The highest BCUT2D eigenvalue weighted by molar-refractivity contribution is 5.75. The molecule has 32 heavy (non-hydrogen) atoms. The van der Waals surface area contributed by atoms with Gasteiger partial charge in [0.2, 0.25) is 0 Å². The van der Waals surface area contributed by atoms with E-state index >= 15 is 0 Å². The Morgan fingerprint density at radius 1 is 0.781 bits per heavy atom. The molecule has 0 atom stereocenters. The van der Waals surface area contributed by atoms with Gasteiger partial charge in [0.05, 0.1) is 24.3 Å². The van der Waals surface area contributed by atoms with Crippen LogP contribution in [0.25, 0.3) is 11.0 Å². The first-order valence-electron chi connectivity index (χ1n) is 10.2. The second-order valence-corrected chi connectivity index (χ2v) is 6.98. The molecule has 0 bridgehead atoms. The third-order valence-electron chi connectivity index (χ3n) is 4.79. The number of nitrogens with zero attached hydrogens (tertiary/aromatic N) is 8. The Labute approximate surface area is 184 Å². The van der Waals surface area contributed by atoms with Crippen molar-refractivity contribution in [2.75, 3.05) is 13.1 Å². The van der Waals surface area contributed by atoms with Gasteiger partial charge in [0, 0.05) is 5.92 Å².